The van der Waals surface area contributed by atoms with Gasteiger partial charge < -0.3 is 5.73 Å². The predicted octanol–water partition coefficient (Wildman–Crippen LogP) is 2.36. The number of hydrogen-bond donors (Lipinski definition) is 1. The van der Waals surface area contributed by atoms with Gasteiger partial charge in [-0.15, -0.1) is 5.10 Å². The molecule has 2 heterocycles. The number of fused-ring (bicyclic) bond motifs is 1. The van der Waals surface area contributed by atoms with Crippen LogP contribution in [0.2, 0.25) is 0 Å². The smallest absolute Gasteiger partial charge is 0.0772 e. The molecule has 0 radical (unpaired) electrons. The maximum atomic E-state index is 6.42. The monoisotopic (exact) mass is 260 g/mol. The van der Waals surface area contributed by atoms with Crippen molar-refractivity contribution in [3.63, 3.8) is 0 Å². The molecule has 0 saturated carbocycles. The molecule has 1 aliphatic carbocycles. The summed E-state index contributed by atoms with van der Waals surface area (Å²) in [6, 6.07) is 4.14. The zero-order chi connectivity index (χ0) is 12.5. The van der Waals surface area contributed by atoms with Gasteiger partial charge in [-0.05, 0) is 49.3 Å². The van der Waals surface area contributed by atoms with E-state index in [0.717, 1.165) is 23.4 Å². The van der Waals surface area contributed by atoms with Crippen LogP contribution in [0.25, 0.3) is 0 Å². The van der Waals surface area contributed by atoms with Crippen LogP contribution in [0.3, 0.4) is 0 Å². The van der Waals surface area contributed by atoms with E-state index < -0.39 is 0 Å². The highest BCUT2D eigenvalue weighted by Crippen LogP contribution is 2.39. The number of aryl methyl sites for hydroxylation is 2. The van der Waals surface area contributed by atoms with Gasteiger partial charge in [0.05, 0.1) is 16.6 Å². The average Bonchev–Trinajstić information content (AvgIpc) is 2.83. The normalized spacial score (nSPS) is 20.4. The van der Waals surface area contributed by atoms with Gasteiger partial charge >= 0.3 is 0 Å². The third-order valence-electron chi connectivity index (χ3n) is 3.66. The van der Waals surface area contributed by atoms with Gasteiger partial charge in [0.2, 0.25) is 0 Å². The number of rotatable bonds is 2. The van der Waals surface area contributed by atoms with Crippen LogP contribution in [0.4, 0.5) is 0 Å². The first-order valence-corrected chi connectivity index (χ1v) is 7.03. The van der Waals surface area contributed by atoms with Gasteiger partial charge in [-0.25, -0.2) is 0 Å². The largest absolute Gasteiger partial charge is 0.323 e. The van der Waals surface area contributed by atoms with Crippen LogP contribution in [0.1, 0.15) is 46.6 Å². The van der Waals surface area contributed by atoms with E-state index in [0.29, 0.717) is 5.92 Å². The van der Waals surface area contributed by atoms with Gasteiger partial charge in [0, 0.05) is 17.8 Å². The topological polar surface area (TPSA) is 64.7 Å². The average molecular weight is 260 g/mol. The summed E-state index contributed by atoms with van der Waals surface area (Å²) in [6.07, 6.45) is 5.26. The molecule has 0 aromatic carbocycles. The Kier molecular flexibility index (Phi) is 3.09. The molecule has 2 aromatic heterocycles. The molecule has 0 aliphatic heterocycles. The van der Waals surface area contributed by atoms with Crippen molar-refractivity contribution in [3.8, 4) is 0 Å². The molecule has 2 aromatic rings. The van der Waals surface area contributed by atoms with Crippen LogP contribution in [0.15, 0.2) is 18.3 Å². The van der Waals surface area contributed by atoms with Crippen molar-refractivity contribution in [1.29, 1.82) is 0 Å². The lowest BCUT2D eigenvalue weighted by molar-refractivity contribution is 0.465. The molecule has 18 heavy (non-hydrogen) atoms. The van der Waals surface area contributed by atoms with Crippen molar-refractivity contribution in [2.24, 2.45) is 5.73 Å². The molecule has 0 fully saturated rings. The molecule has 0 bridgehead atoms. The summed E-state index contributed by atoms with van der Waals surface area (Å²) in [5.41, 5.74) is 9.89. The van der Waals surface area contributed by atoms with E-state index in [4.69, 9.17) is 5.73 Å². The second-order valence-corrected chi connectivity index (χ2v) is 5.58. The molecule has 2 N–H and O–H groups in total. The van der Waals surface area contributed by atoms with E-state index in [1.54, 1.807) is 0 Å². The highest BCUT2D eigenvalue weighted by Gasteiger charge is 2.29. The minimum atomic E-state index is -0.0288. The minimum absolute atomic E-state index is 0.0288. The fourth-order valence-corrected chi connectivity index (χ4v) is 3.43. The van der Waals surface area contributed by atoms with Gasteiger partial charge in [0.15, 0.2) is 0 Å². The summed E-state index contributed by atoms with van der Waals surface area (Å²) in [6.45, 7) is 1.97. The number of nitrogens with zero attached hydrogens (tertiary/aromatic N) is 3. The second-order valence-electron chi connectivity index (χ2n) is 4.79. The number of nitrogens with two attached hydrogens (primary N) is 1. The molecule has 94 valence electrons. The fraction of sp³-hybridized carbons (Fsp3) is 0.462. The molecule has 3 rings (SSSR count). The van der Waals surface area contributed by atoms with Crippen LogP contribution >= 0.6 is 11.5 Å². The first-order valence-electron chi connectivity index (χ1n) is 6.25. The molecule has 2 unspecified atom stereocenters. The molecular formula is C13H16N4S. The summed E-state index contributed by atoms with van der Waals surface area (Å²) >= 11 is 1.41. The molecule has 5 heteroatoms. The Morgan fingerprint density at radius 2 is 2.39 bits per heavy atom. The van der Waals surface area contributed by atoms with Gasteiger partial charge in [-0.1, -0.05) is 10.6 Å². The Labute approximate surface area is 110 Å². The van der Waals surface area contributed by atoms with Gasteiger partial charge in [0.1, 0.15) is 0 Å². The highest BCUT2D eigenvalue weighted by molar-refractivity contribution is 7.05. The van der Waals surface area contributed by atoms with E-state index in [2.05, 4.69) is 20.6 Å². The molecular weight excluding hydrogens is 244 g/mol. The zero-order valence-electron chi connectivity index (χ0n) is 10.3. The van der Waals surface area contributed by atoms with Crippen LogP contribution < -0.4 is 5.73 Å². The Morgan fingerprint density at radius 3 is 3.17 bits per heavy atom. The van der Waals surface area contributed by atoms with Gasteiger partial charge in [-0.2, -0.15) is 0 Å². The maximum absolute atomic E-state index is 6.42. The van der Waals surface area contributed by atoms with Crippen molar-refractivity contribution in [3.05, 3.63) is 40.2 Å². The lowest BCUT2D eigenvalue weighted by atomic mass is 9.81. The molecule has 2 atom stereocenters. The quantitative estimate of drug-likeness (QED) is 0.900. The second kappa shape index (κ2) is 4.74. The van der Waals surface area contributed by atoms with Gasteiger partial charge in [-0.3, -0.25) is 4.98 Å². The number of hydrogen-bond acceptors (Lipinski definition) is 5. The SMILES string of the molecule is Cc1nnsc1C(N)C1CCCc2cccnc21. The minimum Gasteiger partial charge on any atom is -0.323 e. The van der Waals surface area contributed by atoms with Crippen molar-refractivity contribution >= 4 is 11.5 Å². The molecule has 0 saturated heterocycles. The van der Waals surface area contributed by atoms with Crippen molar-refractivity contribution in [2.75, 3.05) is 0 Å². The zero-order valence-corrected chi connectivity index (χ0v) is 11.2. The lowest BCUT2D eigenvalue weighted by Crippen LogP contribution is -2.24. The third kappa shape index (κ3) is 1.93. The van der Waals surface area contributed by atoms with Crippen LogP contribution in [0, 0.1) is 6.92 Å². The Morgan fingerprint density at radius 1 is 1.50 bits per heavy atom. The van der Waals surface area contributed by atoms with E-state index >= 15 is 0 Å². The van der Waals surface area contributed by atoms with E-state index in [1.165, 1.54) is 29.2 Å². The molecule has 4 nitrogen and oxygen atoms in total. The Hall–Kier alpha value is -1.33. The summed E-state index contributed by atoms with van der Waals surface area (Å²) in [4.78, 5) is 5.64. The van der Waals surface area contributed by atoms with Crippen LogP contribution in [0.5, 0.6) is 0 Å². The first-order chi connectivity index (χ1) is 8.77. The van der Waals surface area contributed by atoms with Crippen LogP contribution in [-0.4, -0.2) is 14.6 Å². The van der Waals surface area contributed by atoms with Crippen LogP contribution in [-0.2, 0) is 6.42 Å². The Bertz CT molecular complexity index is 551. The molecule has 0 amide bonds. The van der Waals surface area contributed by atoms with E-state index in [1.807, 2.05) is 19.2 Å². The standard InChI is InChI=1S/C13H16N4S/c1-8-13(18-17-16-8)11(14)10-6-2-4-9-5-3-7-15-12(9)10/h3,5,7,10-11H,2,4,6,14H2,1H3. The van der Waals surface area contributed by atoms with Crippen molar-refractivity contribution in [1.82, 2.24) is 14.6 Å². The third-order valence-corrected chi connectivity index (χ3v) is 4.59. The summed E-state index contributed by atoms with van der Waals surface area (Å²) in [7, 11) is 0. The first kappa shape index (κ1) is 11.7. The summed E-state index contributed by atoms with van der Waals surface area (Å²) in [5.74, 6) is 0.302. The van der Waals surface area contributed by atoms with Crippen molar-refractivity contribution < 1.29 is 0 Å². The predicted molar refractivity (Wildman–Crippen MR) is 71.5 cm³/mol. The highest BCUT2D eigenvalue weighted by atomic mass is 32.1. The lowest BCUT2D eigenvalue weighted by Gasteiger charge is -2.28. The van der Waals surface area contributed by atoms with Gasteiger partial charge in [0.25, 0.3) is 0 Å². The molecule has 1 aliphatic rings. The summed E-state index contributed by atoms with van der Waals surface area (Å²) in [5, 5.41) is 4.06. The van der Waals surface area contributed by atoms with Crippen molar-refractivity contribution in [2.45, 2.75) is 38.1 Å². The number of aromatic nitrogens is 3. The van der Waals surface area contributed by atoms with E-state index in [9.17, 15) is 0 Å². The maximum Gasteiger partial charge on any atom is 0.0772 e. The fourth-order valence-electron chi connectivity index (χ4n) is 2.72. The molecule has 0 spiro atoms. The number of pyridine rings is 1. The van der Waals surface area contributed by atoms with E-state index in [-0.39, 0.29) is 6.04 Å². The Balaban J connectivity index is 1.97. The summed E-state index contributed by atoms with van der Waals surface area (Å²) < 4.78 is 3.98.